The lowest BCUT2D eigenvalue weighted by molar-refractivity contribution is 0.0937. The predicted octanol–water partition coefficient (Wildman–Crippen LogP) is 3.02. The van der Waals surface area contributed by atoms with Crippen LogP contribution in [0.15, 0.2) is 48.5 Å². The average molecular weight is 285 g/mol. The number of rotatable bonds is 5. The summed E-state index contributed by atoms with van der Waals surface area (Å²) in [6, 6.07) is 13.2. The molecule has 0 saturated heterocycles. The number of phenolic OH excluding ortho intramolecular Hbond substituents is 2. The van der Waals surface area contributed by atoms with Gasteiger partial charge in [-0.05, 0) is 37.6 Å². The molecule has 0 saturated carbocycles. The second-order valence-electron chi connectivity index (χ2n) is 5.23. The Morgan fingerprint density at radius 3 is 2.24 bits per heavy atom. The van der Waals surface area contributed by atoms with Crippen LogP contribution in [0.3, 0.4) is 0 Å². The van der Waals surface area contributed by atoms with Gasteiger partial charge in [-0.1, -0.05) is 30.3 Å². The average Bonchev–Trinajstić information content (AvgIpc) is 2.47. The van der Waals surface area contributed by atoms with Crippen LogP contribution in [0.1, 0.15) is 35.8 Å². The van der Waals surface area contributed by atoms with E-state index in [1.165, 1.54) is 18.2 Å². The minimum Gasteiger partial charge on any atom is -0.504 e. The molecule has 2 aromatic rings. The highest BCUT2D eigenvalue weighted by molar-refractivity contribution is 6.01. The maximum Gasteiger partial charge on any atom is 0.184 e. The zero-order valence-electron chi connectivity index (χ0n) is 12.1. The molecule has 0 bridgehead atoms. The maximum atomic E-state index is 12.7. The minimum absolute atomic E-state index is 0.130. The summed E-state index contributed by atoms with van der Waals surface area (Å²) in [6.07, 6.45) is 0. The van der Waals surface area contributed by atoms with Crippen molar-refractivity contribution in [3.8, 4) is 11.5 Å². The highest BCUT2D eigenvalue weighted by atomic mass is 16.3. The summed E-state index contributed by atoms with van der Waals surface area (Å²) in [5.41, 5.74) is 1.22. The second kappa shape index (κ2) is 6.41. The summed E-state index contributed by atoms with van der Waals surface area (Å²) >= 11 is 0. The molecule has 0 amide bonds. The van der Waals surface area contributed by atoms with Gasteiger partial charge in [0.2, 0.25) is 0 Å². The third kappa shape index (κ3) is 3.61. The molecule has 1 atom stereocenters. The number of nitrogens with one attached hydrogen (secondary N) is 1. The van der Waals surface area contributed by atoms with Gasteiger partial charge in [0, 0.05) is 11.6 Å². The Balaban J connectivity index is 2.36. The van der Waals surface area contributed by atoms with E-state index in [0.717, 1.165) is 5.56 Å². The van der Waals surface area contributed by atoms with Crippen molar-refractivity contribution in [2.24, 2.45) is 0 Å². The number of hydrogen-bond donors (Lipinski definition) is 3. The van der Waals surface area contributed by atoms with Crippen LogP contribution in [0.4, 0.5) is 0 Å². The normalized spacial score (nSPS) is 12.3. The smallest absolute Gasteiger partial charge is 0.184 e. The number of carbonyl (C=O) groups excluding carboxylic acids is 1. The van der Waals surface area contributed by atoms with E-state index in [1.807, 2.05) is 44.2 Å². The molecule has 0 heterocycles. The van der Waals surface area contributed by atoms with E-state index in [0.29, 0.717) is 5.56 Å². The summed E-state index contributed by atoms with van der Waals surface area (Å²) in [7, 11) is 0. The number of hydrogen-bond acceptors (Lipinski definition) is 4. The van der Waals surface area contributed by atoms with E-state index in [1.54, 1.807) is 0 Å². The fourth-order valence-electron chi connectivity index (χ4n) is 2.15. The minimum atomic E-state index is -0.491. The molecule has 0 radical (unpaired) electrons. The van der Waals surface area contributed by atoms with Gasteiger partial charge in [0.25, 0.3) is 0 Å². The van der Waals surface area contributed by atoms with Gasteiger partial charge >= 0.3 is 0 Å². The molecule has 0 aliphatic heterocycles. The highest BCUT2D eigenvalue weighted by Crippen LogP contribution is 2.27. The first kappa shape index (κ1) is 15.1. The lowest BCUT2D eigenvalue weighted by Crippen LogP contribution is -2.33. The van der Waals surface area contributed by atoms with Gasteiger partial charge in [-0.15, -0.1) is 0 Å². The Bertz CT molecular complexity index is 623. The molecule has 110 valence electrons. The number of benzene rings is 2. The maximum absolute atomic E-state index is 12.7. The molecule has 4 nitrogen and oxygen atoms in total. The zero-order chi connectivity index (χ0) is 15.4. The van der Waals surface area contributed by atoms with Crippen LogP contribution in [0, 0.1) is 0 Å². The molecule has 1 unspecified atom stereocenters. The largest absolute Gasteiger partial charge is 0.504 e. The van der Waals surface area contributed by atoms with Gasteiger partial charge in [0.1, 0.15) is 0 Å². The monoisotopic (exact) mass is 285 g/mol. The summed E-state index contributed by atoms with van der Waals surface area (Å²) in [4.78, 5) is 12.7. The van der Waals surface area contributed by atoms with E-state index in [-0.39, 0.29) is 23.3 Å². The molecule has 3 N–H and O–H groups in total. The van der Waals surface area contributed by atoms with Gasteiger partial charge in [0.15, 0.2) is 17.3 Å². The fourth-order valence-corrected chi connectivity index (χ4v) is 2.15. The van der Waals surface area contributed by atoms with Gasteiger partial charge in [-0.2, -0.15) is 0 Å². The molecular formula is C17H19NO3. The third-order valence-electron chi connectivity index (χ3n) is 3.16. The SMILES string of the molecule is CC(C)NC(C(=O)c1ccc(O)c(O)c1)c1ccccc1. The molecule has 0 aromatic heterocycles. The van der Waals surface area contributed by atoms with Crippen molar-refractivity contribution in [2.45, 2.75) is 25.9 Å². The second-order valence-corrected chi connectivity index (χ2v) is 5.23. The van der Waals surface area contributed by atoms with Crippen LogP contribution in [0.5, 0.6) is 11.5 Å². The van der Waals surface area contributed by atoms with Crippen molar-refractivity contribution in [2.75, 3.05) is 0 Å². The van der Waals surface area contributed by atoms with E-state index >= 15 is 0 Å². The summed E-state index contributed by atoms with van der Waals surface area (Å²) < 4.78 is 0. The summed E-state index contributed by atoms with van der Waals surface area (Å²) in [5.74, 6) is -0.679. The lowest BCUT2D eigenvalue weighted by atomic mass is 9.96. The standard InChI is InChI=1S/C17H19NO3/c1-11(2)18-16(12-6-4-3-5-7-12)17(21)13-8-9-14(19)15(20)10-13/h3-11,16,18-20H,1-2H3. The fraction of sp³-hybridized carbons (Fsp3) is 0.235. The highest BCUT2D eigenvalue weighted by Gasteiger charge is 2.23. The van der Waals surface area contributed by atoms with E-state index in [2.05, 4.69) is 5.32 Å². The lowest BCUT2D eigenvalue weighted by Gasteiger charge is -2.21. The van der Waals surface area contributed by atoms with E-state index in [9.17, 15) is 15.0 Å². The number of ketones is 1. The van der Waals surface area contributed by atoms with Crippen molar-refractivity contribution in [3.63, 3.8) is 0 Å². The number of carbonyl (C=O) groups is 1. The summed E-state index contributed by atoms with van der Waals surface area (Å²) in [6.45, 7) is 3.94. The first-order valence-electron chi connectivity index (χ1n) is 6.86. The van der Waals surface area contributed by atoms with Crippen LogP contribution in [0.25, 0.3) is 0 Å². The third-order valence-corrected chi connectivity index (χ3v) is 3.16. The molecule has 2 aromatic carbocycles. The Kier molecular flexibility index (Phi) is 4.60. The van der Waals surface area contributed by atoms with Gasteiger partial charge < -0.3 is 15.5 Å². The Labute approximate surface area is 124 Å². The predicted molar refractivity (Wildman–Crippen MR) is 81.6 cm³/mol. The van der Waals surface area contributed by atoms with Crippen molar-refractivity contribution in [3.05, 3.63) is 59.7 Å². The Hall–Kier alpha value is -2.33. The molecule has 21 heavy (non-hydrogen) atoms. The molecule has 2 rings (SSSR count). The molecule has 0 fully saturated rings. The van der Waals surface area contributed by atoms with Gasteiger partial charge in [-0.3, -0.25) is 4.79 Å². The van der Waals surface area contributed by atoms with Crippen molar-refractivity contribution in [1.29, 1.82) is 0 Å². The molecule has 0 aliphatic rings. The first-order chi connectivity index (χ1) is 9.99. The van der Waals surface area contributed by atoms with E-state index < -0.39 is 6.04 Å². The number of phenols is 2. The Morgan fingerprint density at radius 2 is 1.67 bits per heavy atom. The van der Waals surface area contributed by atoms with Gasteiger partial charge in [0.05, 0.1) is 6.04 Å². The van der Waals surface area contributed by atoms with Crippen LogP contribution >= 0.6 is 0 Å². The quantitative estimate of drug-likeness (QED) is 0.583. The zero-order valence-corrected chi connectivity index (χ0v) is 12.1. The van der Waals surface area contributed by atoms with Gasteiger partial charge in [-0.25, -0.2) is 0 Å². The molecular weight excluding hydrogens is 266 g/mol. The van der Waals surface area contributed by atoms with Crippen LogP contribution in [0.2, 0.25) is 0 Å². The first-order valence-corrected chi connectivity index (χ1v) is 6.86. The van der Waals surface area contributed by atoms with E-state index in [4.69, 9.17) is 0 Å². The number of Topliss-reactive ketones (excluding diaryl/α,β-unsaturated/α-hetero) is 1. The topological polar surface area (TPSA) is 69.6 Å². The molecule has 4 heteroatoms. The van der Waals surface area contributed by atoms with Crippen LogP contribution in [-0.2, 0) is 0 Å². The van der Waals surface area contributed by atoms with Crippen molar-refractivity contribution >= 4 is 5.78 Å². The van der Waals surface area contributed by atoms with Crippen LogP contribution < -0.4 is 5.32 Å². The van der Waals surface area contributed by atoms with Crippen molar-refractivity contribution in [1.82, 2.24) is 5.32 Å². The molecule has 0 spiro atoms. The summed E-state index contributed by atoms with van der Waals surface area (Å²) in [5, 5.41) is 22.1. The Morgan fingerprint density at radius 1 is 1.00 bits per heavy atom. The van der Waals surface area contributed by atoms with Crippen LogP contribution in [-0.4, -0.2) is 22.0 Å². The molecule has 0 aliphatic carbocycles. The van der Waals surface area contributed by atoms with Crippen molar-refractivity contribution < 1.29 is 15.0 Å². The number of aromatic hydroxyl groups is 2.